The SMILES string of the molecule is Cn1cc(CNc2cnn(CC3CCCO3)c2)c(-c2ccncc2)n1. The summed E-state index contributed by atoms with van der Waals surface area (Å²) in [6.45, 7) is 2.38. The van der Waals surface area contributed by atoms with Crippen LogP contribution in [0.5, 0.6) is 0 Å². The minimum atomic E-state index is 0.296. The highest BCUT2D eigenvalue weighted by molar-refractivity contribution is 5.62. The van der Waals surface area contributed by atoms with E-state index in [1.54, 1.807) is 12.4 Å². The van der Waals surface area contributed by atoms with Crippen LogP contribution in [0.1, 0.15) is 18.4 Å². The maximum Gasteiger partial charge on any atom is 0.0973 e. The summed E-state index contributed by atoms with van der Waals surface area (Å²) in [5.41, 5.74) is 4.19. The van der Waals surface area contributed by atoms with Crippen molar-refractivity contribution >= 4 is 5.69 Å². The summed E-state index contributed by atoms with van der Waals surface area (Å²) in [5, 5.41) is 12.4. The number of pyridine rings is 1. The second kappa shape index (κ2) is 7.06. The van der Waals surface area contributed by atoms with E-state index in [9.17, 15) is 0 Å². The number of hydrogen-bond donors (Lipinski definition) is 1. The number of aryl methyl sites for hydroxylation is 1. The molecule has 0 bridgehead atoms. The predicted octanol–water partition coefficient (Wildman–Crippen LogP) is 2.47. The Morgan fingerprint density at radius 1 is 1.28 bits per heavy atom. The summed E-state index contributed by atoms with van der Waals surface area (Å²) in [5.74, 6) is 0. The van der Waals surface area contributed by atoms with E-state index in [1.165, 1.54) is 0 Å². The zero-order valence-corrected chi connectivity index (χ0v) is 14.3. The number of nitrogens with one attached hydrogen (secondary N) is 1. The lowest BCUT2D eigenvalue weighted by Gasteiger charge is -2.08. The summed E-state index contributed by atoms with van der Waals surface area (Å²) in [7, 11) is 1.94. The minimum absolute atomic E-state index is 0.296. The van der Waals surface area contributed by atoms with Crippen molar-refractivity contribution in [1.82, 2.24) is 24.5 Å². The second-order valence-electron chi connectivity index (χ2n) is 6.35. The molecule has 130 valence electrons. The first-order valence-corrected chi connectivity index (χ1v) is 8.59. The average molecular weight is 338 g/mol. The minimum Gasteiger partial charge on any atom is -0.378 e. The van der Waals surface area contributed by atoms with Gasteiger partial charge in [-0.05, 0) is 25.0 Å². The Balaban J connectivity index is 1.42. The Morgan fingerprint density at radius 3 is 2.96 bits per heavy atom. The first kappa shape index (κ1) is 15.8. The smallest absolute Gasteiger partial charge is 0.0973 e. The van der Waals surface area contributed by atoms with Crippen LogP contribution in [0.25, 0.3) is 11.3 Å². The average Bonchev–Trinajstić information content (AvgIpc) is 3.36. The largest absolute Gasteiger partial charge is 0.378 e. The van der Waals surface area contributed by atoms with Crippen molar-refractivity contribution < 1.29 is 4.74 Å². The van der Waals surface area contributed by atoms with E-state index in [0.29, 0.717) is 12.6 Å². The van der Waals surface area contributed by atoms with E-state index in [4.69, 9.17) is 4.74 Å². The molecule has 7 nitrogen and oxygen atoms in total. The summed E-state index contributed by atoms with van der Waals surface area (Å²) in [6.07, 6.45) is 12.1. The van der Waals surface area contributed by atoms with Gasteiger partial charge in [0.1, 0.15) is 0 Å². The van der Waals surface area contributed by atoms with Crippen molar-refractivity contribution in [2.24, 2.45) is 7.05 Å². The van der Waals surface area contributed by atoms with Crippen molar-refractivity contribution in [2.75, 3.05) is 11.9 Å². The highest BCUT2D eigenvalue weighted by atomic mass is 16.5. The highest BCUT2D eigenvalue weighted by Crippen LogP contribution is 2.22. The fourth-order valence-electron chi connectivity index (χ4n) is 3.17. The molecule has 0 aromatic carbocycles. The molecule has 0 aliphatic carbocycles. The van der Waals surface area contributed by atoms with E-state index in [1.807, 2.05) is 47.1 Å². The Morgan fingerprint density at radius 2 is 2.16 bits per heavy atom. The topological polar surface area (TPSA) is 69.8 Å². The Hall–Kier alpha value is -2.67. The lowest BCUT2D eigenvalue weighted by molar-refractivity contribution is 0.0940. The Labute approximate surface area is 146 Å². The van der Waals surface area contributed by atoms with Crippen LogP contribution in [0.2, 0.25) is 0 Å². The zero-order chi connectivity index (χ0) is 17.1. The number of aromatic nitrogens is 5. The molecule has 0 radical (unpaired) electrons. The number of nitrogens with zero attached hydrogens (tertiary/aromatic N) is 5. The van der Waals surface area contributed by atoms with Gasteiger partial charge < -0.3 is 10.1 Å². The Kier molecular flexibility index (Phi) is 4.47. The molecular weight excluding hydrogens is 316 g/mol. The summed E-state index contributed by atoms with van der Waals surface area (Å²) in [4.78, 5) is 4.07. The molecule has 7 heteroatoms. The molecule has 0 spiro atoms. The van der Waals surface area contributed by atoms with Crippen molar-refractivity contribution in [3.8, 4) is 11.3 Å². The molecule has 1 aliphatic rings. The van der Waals surface area contributed by atoms with Gasteiger partial charge in [0.15, 0.2) is 0 Å². The third-order valence-electron chi connectivity index (χ3n) is 4.39. The van der Waals surface area contributed by atoms with E-state index in [2.05, 4.69) is 20.5 Å². The first-order valence-electron chi connectivity index (χ1n) is 8.59. The van der Waals surface area contributed by atoms with Gasteiger partial charge in [-0.15, -0.1) is 0 Å². The molecule has 1 aliphatic heterocycles. The number of ether oxygens (including phenoxy) is 1. The molecule has 4 rings (SSSR count). The van der Waals surface area contributed by atoms with Gasteiger partial charge in [0, 0.05) is 56.1 Å². The normalized spacial score (nSPS) is 17.1. The molecule has 0 amide bonds. The van der Waals surface area contributed by atoms with Gasteiger partial charge in [0.25, 0.3) is 0 Å². The van der Waals surface area contributed by atoms with Crippen LogP contribution < -0.4 is 5.32 Å². The molecule has 25 heavy (non-hydrogen) atoms. The van der Waals surface area contributed by atoms with Gasteiger partial charge in [-0.2, -0.15) is 10.2 Å². The maximum atomic E-state index is 5.67. The van der Waals surface area contributed by atoms with Gasteiger partial charge in [0.05, 0.1) is 30.2 Å². The van der Waals surface area contributed by atoms with Gasteiger partial charge in [-0.1, -0.05) is 0 Å². The lowest BCUT2D eigenvalue weighted by atomic mass is 10.1. The van der Waals surface area contributed by atoms with Gasteiger partial charge >= 0.3 is 0 Å². The van der Waals surface area contributed by atoms with E-state index in [0.717, 1.165) is 48.5 Å². The van der Waals surface area contributed by atoms with Crippen LogP contribution in [0, 0.1) is 0 Å². The van der Waals surface area contributed by atoms with Gasteiger partial charge in [0.2, 0.25) is 0 Å². The monoisotopic (exact) mass is 338 g/mol. The molecule has 1 atom stereocenters. The van der Waals surface area contributed by atoms with Crippen LogP contribution in [0.15, 0.2) is 43.1 Å². The van der Waals surface area contributed by atoms with Gasteiger partial charge in [-0.25, -0.2) is 0 Å². The summed E-state index contributed by atoms with van der Waals surface area (Å²) >= 11 is 0. The van der Waals surface area contributed by atoms with Crippen LogP contribution in [-0.2, 0) is 24.9 Å². The third kappa shape index (κ3) is 3.71. The summed E-state index contributed by atoms with van der Waals surface area (Å²) in [6, 6.07) is 3.96. The third-order valence-corrected chi connectivity index (χ3v) is 4.39. The van der Waals surface area contributed by atoms with E-state index >= 15 is 0 Å². The van der Waals surface area contributed by atoms with Crippen molar-refractivity contribution in [2.45, 2.75) is 32.0 Å². The van der Waals surface area contributed by atoms with Crippen LogP contribution >= 0.6 is 0 Å². The van der Waals surface area contributed by atoms with Crippen LogP contribution in [0.4, 0.5) is 5.69 Å². The molecule has 3 aromatic rings. The summed E-state index contributed by atoms with van der Waals surface area (Å²) < 4.78 is 9.46. The number of hydrogen-bond acceptors (Lipinski definition) is 5. The zero-order valence-electron chi connectivity index (χ0n) is 14.3. The number of anilines is 1. The Bertz CT molecular complexity index is 819. The molecule has 3 aromatic heterocycles. The van der Waals surface area contributed by atoms with Crippen molar-refractivity contribution in [1.29, 1.82) is 0 Å². The molecule has 1 N–H and O–H groups in total. The van der Waals surface area contributed by atoms with Gasteiger partial charge in [-0.3, -0.25) is 14.3 Å². The molecular formula is C18H22N6O. The highest BCUT2D eigenvalue weighted by Gasteiger charge is 2.16. The van der Waals surface area contributed by atoms with E-state index in [-0.39, 0.29) is 0 Å². The first-order chi connectivity index (χ1) is 12.3. The fraction of sp³-hybridized carbons (Fsp3) is 0.389. The maximum absolute atomic E-state index is 5.67. The van der Waals surface area contributed by atoms with Crippen molar-refractivity contribution in [3.05, 3.63) is 48.7 Å². The quantitative estimate of drug-likeness (QED) is 0.748. The lowest BCUT2D eigenvalue weighted by Crippen LogP contribution is -2.15. The molecule has 1 saturated heterocycles. The molecule has 0 saturated carbocycles. The van der Waals surface area contributed by atoms with E-state index < -0.39 is 0 Å². The fourth-order valence-corrected chi connectivity index (χ4v) is 3.17. The predicted molar refractivity (Wildman–Crippen MR) is 95.0 cm³/mol. The molecule has 4 heterocycles. The standard InChI is InChI=1S/C18H22N6O/c1-23-11-15(18(22-23)14-4-6-19-7-5-14)9-20-16-10-21-24(12-16)13-17-3-2-8-25-17/h4-7,10-12,17,20H,2-3,8-9,13H2,1H3. The van der Waals surface area contributed by atoms with Crippen LogP contribution in [0.3, 0.4) is 0 Å². The van der Waals surface area contributed by atoms with Crippen LogP contribution in [-0.4, -0.2) is 37.3 Å². The number of rotatable bonds is 6. The van der Waals surface area contributed by atoms with Crippen molar-refractivity contribution in [3.63, 3.8) is 0 Å². The molecule has 1 unspecified atom stereocenters. The molecule has 1 fully saturated rings. The second-order valence-corrected chi connectivity index (χ2v) is 6.35.